The molecule has 6 unspecified atom stereocenters. The van der Waals surface area contributed by atoms with Crippen molar-refractivity contribution in [3.63, 3.8) is 0 Å². The van der Waals surface area contributed by atoms with Gasteiger partial charge >= 0.3 is 5.97 Å². The molecule has 2 fully saturated rings. The molecule has 75 heavy (non-hydrogen) atoms. The second-order valence-electron chi connectivity index (χ2n) is 21.7. The molecule has 2 bridgehead atoms. The summed E-state index contributed by atoms with van der Waals surface area (Å²) in [4.78, 5) is 137. The van der Waals surface area contributed by atoms with Gasteiger partial charge in [0.25, 0.3) is 5.91 Å². The average Bonchev–Trinajstić information content (AvgIpc) is 3.88. The quantitative estimate of drug-likeness (QED) is 0.239. The van der Waals surface area contributed by atoms with Crippen LogP contribution in [0.5, 0.6) is 0 Å². The molecule has 0 radical (unpaired) electrons. The first-order valence-electron chi connectivity index (χ1n) is 26.4. The van der Waals surface area contributed by atoms with Crippen molar-refractivity contribution in [1.82, 2.24) is 40.4 Å². The highest BCUT2D eigenvalue weighted by molar-refractivity contribution is 5.97. The maximum atomic E-state index is 15.0. The topological polar surface area (TPSA) is 235 Å². The lowest BCUT2D eigenvalue weighted by Crippen LogP contribution is -2.62. The van der Waals surface area contributed by atoms with Crippen LogP contribution in [0.2, 0.25) is 0 Å². The van der Waals surface area contributed by atoms with Gasteiger partial charge in [-0.2, -0.15) is 0 Å². The highest BCUT2D eigenvalue weighted by Crippen LogP contribution is 2.26. The van der Waals surface area contributed by atoms with E-state index in [-0.39, 0.29) is 50.6 Å². The number of hydrogen-bond acceptors (Lipinski definition) is 11. The number of hydrogen-bond donors (Lipinski definition) is 4. The minimum Gasteiger partial charge on any atom is -0.450 e. The summed E-state index contributed by atoms with van der Waals surface area (Å²) in [5.41, 5.74) is -0.498. The molecule has 2 saturated heterocycles. The van der Waals surface area contributed by atoms with Gasteiger partial charge in [0.05, 0.1) is 11.5 Å². The SMILES string of the molecule is CCC(C)[C@@H]1NC(=O)[C@@H]2CCN(C2)C(=O)C(Cc2ccccc2)N(C)C(=O)C(Cc2ccccc2)NC(=O)[C@H](C)N(C)C(=O)[C@@H](C(C)CC)OC(=O)C(C(C)(C)O)N(C)C(=O)C(CC(C)C)NC(=O)[C@H](C)N(C)C1=O. The van der Waals surface area contributed by atoms with Gasteiger partial charge < -0.3 is 50.3 Å². The monoisotopic (exact) mass is 1040 g/mol. The van der Waals surface area contributed by atoms with Gasteiger partial charge in [-0.25, -0.2) is 4.79 Å². The van der Waals surface area contributed by atoms with Crippen LogP contribution in [-0.2, 0) is 60.7 Å². The van der Waals surface area contributed by atoms with Gasteiger partial charge in [-0.3, -0.25) is 38.4 Å². The Hall–Kier alpha value is -6.37. The standard InChI is InChI=1S/C56H84N8O11/c1-15-34(5)44-53(71)60(11)36(7)47(65)57-41(29-33(3)4)51(69)63(14)46(56(9,10)74)55(73)75-45(35(6)16-2)54(72)61(12)37(8)48(66)58-42(30-38-23-19-17-20-24-38)50(68)62(13)43(31-39-25-21-18-22-26-39)52(70)64-28-27-40(32-64)49(67)59-44/h17-26,33-37,40-46,74H,15-16,27-32H2,1-14H3,(H,57,65)(H,58,66)(H,59,67)/t34?,35?,36-,37-,40+,41?,42?,43?,44-,45+,46?/m0/s1. The highest BCUT2D eigenvalue weighted by Gasteiger charge is 2.46. The number of nitrogens with zero attached hydrogens (tertiary/aromatic N) is 5. The molecule has 19 nitrogen and oxygen atoms in total. The number of amides is 8. The molecule has 11 atom stereocenters. The van der Waals surface area contributed by atoms with E-state index in [0.29, 0.717) is 18.4 Å². The largest absolute Gasteiger partial charge is 0.450 e. The first kappa shape index (κ1) is 61.2. The zero-order valence-corrected chi connectivity index (χ0v) is 46.6. The van der Waals surface area contributed by atoms with Gasteiger partial charge in [0.15, 0.2) is 12.1 Å². The lowest BCUT2D eigenvalue weighted by Gasteiger charge is -2.39. The molecule has 2 aromatic rings. The molecule has 2 aliphatic rings. The third kappa shape index (κ3) is 15.6. The molecular formula is C56H84N8O11. The Morgan fingerprint density at radius 3 is 1.61 bits per heavy atom. The molecule has 4 N–H and O–H groups in total. The van der Waals surface area contributed by atoms with Gasteiger partial charge in [-0.15, -0.1) is 0 Å². The molecule has 2 heterocycles. The average molecular weight is 1050 g/mol. The normalized spacial score (nSPS) is 27.1. The van der Waals surface area contributed by atoms with Crippen LogP contribution in [0.1, 0.15) is 106 Å². The predicted octanol–water partition coefficient (Wildman–Crippen LogP) is 2.96. The molecule has 8 amide bonds. The first-order valence-corrected chi connectivity index (χ1v) is 26.4. The number of rotatable bonds is 11. The fourth-order valence-corrected chi connectivity index (χ4v) is 9.55. The van der Waals surface area contributed by atoms with E-state index in [1.165, 1.54) is 65.7 Å². The molecule has 414 valence electrons. The lowest BCUT2D eigenvalue weighted by molar-refractivity contribution is -0.177. The van der Waals surface area contributed by atoms with E-state index < -0.39 is 119 Å². The summed E-state index contributed by atoms with van der Waals surface area (Å²) in [7, 11) is 5.59. The minimum absolute atomic E-state index is 0.00288. The van der Waals surface area contributed by atoms with Crippen molar-refractivity contribution in [3.05, 3.63) is 71.8 Å². The van der Waals surface area contributed by atoms with Crippen LogP contribution >= 0.6 is 0 Å². The number of fused-ring (bicyclic) bond motifs is 2. The van der Waals surface area contributed by atoms with E-state index in [2.05, 4.69) is 16.0 Å². The number of benzene rings is 2. The number of cyclic esters (lactones) is 1. The van der Waals surface area contributed by atoms with Crippen LogP contribution in [0.25, 0.3) is 0 Å². The Morgan fingerprint density at radius 2 is 1.11 bits per heavy atom. The smallest absolute Gasteiger partial charge is 0.332 e. The fraction of sp³-hybridized carbons (Fsp3) is 0.625. The molecule has 0 aromatic heterocycles. The van der Waals surface area contributed by atoms with Gasteiger partial charge in [-0.1, -0.05) is 109 Å². The summed E-state index contributed by atoms with van der Waals surface area (Å²) in [6, 6.07) is 9.40. The Balaban J connectivity index is 1.86. The van der Waals surface area contributed by atoms with Gasteiger partial charge in [0.1, 0.15) is 36.3 Å². The number of nitrogens with one attached hydrogen (secondary N) is 3. The zero-order chi connectivity index (χ0) is 56.2. The summed E-state index contributed by atoms with van der Waals surface area (Å²) in [6.45, 7) is 16.6. The van der Waals surface area contributed by atoms with Crippen LogP contribution in [0, 0.1) is 23.7 Å². The Morgan fingerprint density at radius 1 is 0.613 bits per heavy atom. The molecular weight excluding hydrogens is 961 g/mol. The molecule has 2 aliphatic heterocycles. The van der Waals surface area contributed by atoms with Crippen LogP contribution in [0.3, 0.4) is 0 Å². The van der Waals surface area contributed by atoms with Gasteiger partial charge in [-0.05, 0) is 69.9 Å². The highest BCUT2D eigenvalue weighted by atomic mass is 16.6. The van der Waals surface area contributed by atoms with Gasteiger partial charge in [0, 0.05) is 60.0 Å². The second-order valence-corrected chi connectivity index (χ2v) is 21.7. The van der Waals surface area contributed by atoms with Crippen molar-refractivity contribution in [2.24, 2.45) is 23.7 Å². The predicted molar refractivity (Wildman–Crippen MR) is 283 cm³/mol. The van der Waals surface area contributed by atoms with E-state index >= 15 is 0 Å². The van der Waals surface area contributed by atoms with Crippen molar-refractivity contribution in [2.45, 2.75) is 162 Å². The molecule has 4 rings (SSSR count). The molecule has 0 spiro atoms. The van der Waals surface area contributed by atoms with Crippen LogP contribution in [0.4, 0.5) is 0 Å². The molecule has 2 aromatic carbocycles. The summed E-state index contributed by atoms with van der Waals surface area (Å²) in [5, 5.41) is 20.1. The number of carbonyl (C=O) groups is 9. The summed E-state index contributed by atoms with van der Waals surface area (Å²) < 4.78 is 5.98. The Bertz CT molecular complexity index is 2330. The number of carbonyl (C=O) groups excluding carboxylic acids is 9. The third-order valence-electron chi connectivity index (χ3n) is 15.1. The third-order valence-corrected chi connectivity index (χ3v) is 15.1. The first-order chi connectivity index (χ1) is 35.1. The van der Waals surface area contributed by atoms with E-state index in [9.17, 15) is 48.3 Å². The van der Waals surface area contributed by atoms with E-state index in [4.69, 9.17) is 4.74 Å². The van der Waals surface area contributed by atoms with Crippen LogP contribution in [0.15, 0.2) is 60.7 Å². The van der Waals surface area contributed by atoms with E-state index in [1.807, 2.05) is 57.2 Å². The maximum absolute atomic E-state index is 15.0. The summed E-state index contributed by atoms with van der Waals surface area (Å²) >= 11 is 0. The van der Waals surface area contributed by atoms with Crippen molar-refractivity contribution < 1.29 is 53.0 Å². The maximum Gasteiger partial charge on any atom is 0.332 e. The van der Waals surface area contributed by atoms with Crippen molar-refractivity contribution in [3.8, 4) is 0 Å². The number of aliphatic hydroxyl groups is 1. The summed E-state index contributed by atoms with van der Waals surface area (Å²) in [5.74, 6) is -8.00. The minimum atomic E-state index is -1.96. The van der Waals surface area contributed by atoms with E-state index in [1.54, 1.807) is 49.9 Å². The molecule has 19 heteroatoms. The number of esters is 1. The Labute approximate surface area is 443 Å². The fourth-order valence-electron chi connectivity index (χ4n) is 9.55. The zero-order valence-electron chi connectivity index (χ0n) is 46.6. The molecule has 0 saturated carbocycles. The van der Waals surface area contributed by atoms with Crippen molar-refractivity contribution >= 4 is 53.2 Å². The van der Waals surface area contributed by atoms with Crippen molar-refractivity contribution in [1.29, 1.82) is 0 Å². The Kier molecular flexibility index (Phi) is 22.0. The van der Waals surface area contributed by atoms with E-state index in [0.717, 1.165) is 15.4 Å². The van der Waals surface area contributed by atoms with Crippen molar-refractivity contribution in [2.75, 3.05) is 41.3 Å². The van der Waals surface area contributed by atoms with Gasteiger partial charge in [0.2, 0.25) is 41.4 Å². The van der Waals surface area contributed by atoms with Crippen LogP contribution < -0.4 is 16.0 Å². The summed E-state index contributed by atoms with van der Waals surface area (Å²) in [6.07, 6.45) is -0.205. The number of likely N-dealkylation sites (N-methyl/N-ethyl adjacent to an activating group) is 4. The van der Waals surface area contributed by atoms with Crippen LogP contribution in [-0.4, -0.2) is 178 Å². The number of ether oxygens (including phenoxy) is 1. The molecule has 0 aliphatic carbocycles. The second kappa shape index (κ2) is 26.9. The lowest BCUT2D eigenvalue weighted by atomic mass is 9.94.